The van der Waals surface area contributed by atoms with Gasteiger partial charge in [-0.3, -0.25) is 0 Å². The van der Waals surface area contributed by atoms with Crippen molar-refractivity contribution in [2.24, 2.45) is 0 Å². The van der Waals surface area contributed by atoms with Gasteiger partial charge in [0.1, 0.15) is 0 Å². The van der Waals surface area contributed by atoms with Crippen LogP contribution in [0.15, 0.2) is 18.2 Å². The van der Waals surface area contributed by atoms with E-state index in [1.807, 2.05) is 0 Å². The summed E-state index contributed by atoms with van der Waals surface area (Å²) in [6.45, 7) is 14.5. The summed E-state index contributed by atoms with van der Waals surface area (Å²) in [5.74, 6) is 0. The first kappa shape index (κ1) is 15.4. The van der Waals surface area contributed by atoms with Crippen molar-refractivity contribution in [3.8, 4) is 0 Å². The van der Waals surface area contributed by atoms with Crippen LogP contribution in [0.3, 0.4) is 0 Å². The molecule has 0 nitrogen and oxygen atoms in total. The van der Waals surface area contributed by atoms with Gasteiger partial charge in [0.05, 0.1) is 0 Å². The summed E-state index contributed by atoms with van der Waals surface area (Å²) >= 11 is 0. The van der Waals surface area contributed by atoms with Crippen LogP contribution < -0.4 is 61.8 Å². The van der Waals surface area contributed by atoms with Gasteiger partial charge in [0.15, 0.2) is 0 Å². The molecule has 0 aliphatic rings. The molecule has 0 aliphatic heterocycles. The summed E-state index contributed by atoms with van der Waals surface area (Å²) in [6.07, 6.45) is 0. The fourth-order valence-corrected chi connectivity index (χ4v) is 3.86. The first-order chi connectivity index (χ1) is 5.71. The van der Waals surface area contributed by atoms with Crippen LogP contribution in [-0.2, 0) is 0 Å². The quantitative estimate of drug-likeness (QED) is 0.489. The van der Waals surface area contributed by atoms with E-state index in [0.717, 1.165) is 0 Å². The molecule has 0 spiro atoms. The molecule has 0 atom stereocenters. The third-order valence-corrected chi connectivity index (χ3v) is 6.57. The fourth-order valence-electron chi connectivity index (χ4n) is 1.38. The van der Waals surface area contributed by atoms with Crippen LogP contribution in [0.4, 0.5) is 0 Å². The molecule has 0 N–H and O–H groups in total. The molecule has 3 heteroatoms. The second-order valence-electron chi connectivity index (χ2n) is 5.89. The van der Waals surface area contributed by atoms with Crippen molar-refractivity contribution < 1.29 is 51.4 Å². The molecule has 0 saturated heterocycles. The SMILES string of the molecule is C[Si](C)(C)c1cc[c-]([Si](C)(C)C)c1.[K+]. The fraction of sp³-hybridized carbons (Fsp3) is 0.545. The van der Waals surface area contributed by atoms with Gasteiger partial charge in [0, 0.05) is 16.1 Å². The van der Waals surface area contributed by atoms with Gasteiger partial charge in [-0.1, -0.05) is 39.3 Å². The van der Waals surface area contributed by atoms with Crippen molar-refractivity contribution in [2.75, 3.05) is 0 Å². The zero-order valence-corrected chi connectivity index (χ0v) is 15.9. The van der Waals surface area contributed by atoms with E-state index < -0.39 is 16.1 Å². The van der Waals surface area contributed by atoms with E-state index in [4.69, 9.17) is 0 Å². The number of hydrogen-bond donors (Lipinski definition) is 0. The summed E-state index contributed by atoms with van der Waals surface area (Å²) in [7, 11) is -2.14. The van der Waals surface area contributed by atoms with Crippen LogP contribution in [0, 0.1) is 0 Å². The van der Waals surface area contributed by atoms with Crippen LogP contribution in [0.5, 0.6) is 0 Å². The Morgan fingerprint density at radius 1 is 1.00 bits per heavy atom. The molecule has 0 bridgehead atoms. The van der Waals surface area contributed by atoms with Crippen molar-refractivity contribution >= 4 is 26.5 Å². The van der Waals surface area contributed by atoms with Crippen LogP contribution in [0.1, 0.15) is 0 Å². The molecule has 1 aromatic carbocycles. The monoisotopic (exact) mass is 248 g/mol. The Kier molecular flexibility index (Phi) is 5.69. The molecule has 0 aliphatic carbocycles. The van der Waals surface area contributed by atoms with Gasteiger partial charge in [-0.25, -0.2) is 11.3 Å². The Labute approximate surface area is 133 Å². The Balaban J connectivity index is 0.00000169. The van der Waals surface area contributed by atoms with E-state index in [1.54, 1.807) is 10.4 Å². The maximum Gasteiger partial charge on any atom is 1.00 e. The normalized spacial score (nSPS) is 12.4. The number of hydrogen-bond acceptors (Lipinski definition) is 0. The minimum absolute atomic E-state index is 0. The van der Waals surface area contributed by atoms with E-state index in [1.165, 1.54) is 0 Å². The van der Waals surface area contributed by atoms with Crippen molar-refractivity contribution in [1.82, 2.24) is 0 Å². The minimum atomic E-state index is -1.07. The molecule has 0 saturated carbocycles. The molecular weight excluding hydrogens is 227 g/mol. The smallest absolute Gasteiger partial charge is 0.212 e. The van der Waals surface area contributed by atoms with E-state index in [0.29, 0.717) is 0 Å². The summed E-state index contributed by atoms with van der Waals surface area (Å²) in [6, 6.07) is 7.15. The van der Waals surface area contributed by atoms with Gasteiger partial charge < -0.3 is 0 Å². The Morgan fingerprint density at radius 3 is 1.71 bits per heavy atom. The Morgan fingerprint density at radius 2 is 1.50 bits per heavy atom. The van der Waals surface area contributed by atoms with Crippen molar-refractivity contribution in [3.05, 3.63) is 18.2 Å². The molecule has 0 radical (unpaired) electrons. The molecule has 0 unspecified atom stereocenters. The average Bonchev–Trinajstić information content (AvgIpc) is 2.28. The zero-order chi connectivity index (χ0) is 10.3. The van der Waals surface area contributed by atoms with Gasteiger partial charge in [-0.05, 0) is 0 Å². The van der Waals surface area contributed by atoms with E-state index in [-0.39, 0.29) is 51.4 Å². The second kappa shape index (κ2) is 5.17. The molecule has 1 rings (SSSR count). The molecule has 74 valence electrons. The van der Waals surface area contributed by atoms with E-state index >= 15 is 0 Å². The molecule has 0 aromatic heterocycles. The van der Waals surface area contributed by atoms with Gasteiger partial charge in [-0.15, -0.1) is 0 Å². The predicted molar refractivity (Wildman–Crippen MR) is 68.0 cm³/mol. The van der Waals surface area contributed by atoms with Crippen molar-refractivity contribution in [2.45, 2.75) is 39.3 Å². The molecule has 14 heavy (non-hydrogen) atoms. The van der Waals surface area contributed by atoms with Crippen LogP contribution in [0.25, 0.3) is 0 Å². The topological polar surface area (TPSA) is 0 Å². The Bertz CT molecular complexity index is 260. The number of rotatable bonds is 2. The molecular formula is C11H21KSi2. The molecule has 1 aromatic rings. The predicted octanol–water partition coefficient (Wildman–Crippen LogP) is -0.500. The van der Waals surface area contributed by atoms with Gasteiger partial charge >= 0.3 is 51.4 Å². The zero-order valence-electron chi connectivity index (χ0n) is 10.7. The molecule has 0 heterocycles. The third-order valence-electron chi connectivity index (χ3n) is 2.49. The van der Waals surface area contributed by atoms with Crippen LogP contribution in [-0.4, -0.2) is 16.1 Å². The van der Waals surface area contributed by atoms with E-state index in [2.05, 4.69) is 57.5 Å². The minimum Gasteiger partial charge on any atom is -0.212 e. The summed E-state index contributed by atoms with van der Waals surface area (Å²) in [4.78, 5) is 0. The Hall–Kier alpha value is 1.42. The maximum atomic E-state index is 2.46. The summed E-state index contributed by atoms with van der Waals surface area (Å²) in [5, 5.41) is 3.23. The molecule has 0 fully saturated rings. The van der Waals surface area contributed by atoms with Crippen molar-refractivity contribution in [3.63, 3.8) is 0 Å². The summed E-state index contributed by atoms with van der Waals surface area (Å²) < 4.78 is 0. The average molecular weight is 249 g/mol. The van der Waals surface area contributed by atoms with Crippen LogP contribution >= 0.6 is 0 Å². The van der Waals surface area contributed by atoms with Gasteiger partial charge in [-0.2, -0.15) is 17.3 Å². The third kappa shape index (κ3) is 4.12. The van der Waals surface area contributed by atoms with Gasteiger partial charge in [0.25, 0.3) is 0 Å². The van der Waals surface area contributed by atoms with Crippen LogP contribution in [0.2, 0.25) is 39.3 Å². The van der Waals surface area contributed by atoms with Crippen molar-refractivity contribution in [1.29, 1.82) is 0 Å². The summed E-state index contributed by atoms with van der Waals surface area (Å²) in [5.41, 5.74) is 0. The first-order valence-electron chi connectivity index (χ1n) is 4.99. The largest absolute Gasteiger partial charge is 1.00 e. The standard InChI is InChI=1S/C11H21Si2.K/c1-12(2,3)10-7-8-11(9-10)13(4,5)6;/h7-9H,1-6H3;/q-1;+1. The van der Waals surface area contributed by atoms with Gasteiger partial charge in [0.2, 0.25) is 0 Å². The second-order valence-corrected chi connectivity index (χ2v) is 16.0. The maximum absolute atomic E-state index is 2.46. The first-order valence-corrected chi connectivity index (χ1v) is 12.0. The molecule has 0 amide bonds. The van der Waals surface area contributed by atoms with E-state index in [9.17, 15) is 0 Å².